The van der Waals surface area contributed by atoms with Crippen molar-refractivity contribution in [1.29, 1.82) is 0 Å². The average molecular weight is 419 g/mol. The van der Waals surface area contributed by atoms with E-state index in [4.69, 9.17) is 9.72 Å². The predicted molar refractivity (Wildman–Crippen MR) is 104 cm³/mol. The van der Waals surface area contributed by atoms with Crippen LogP contribution in [-0.2, 0) is 4.74 Å². The first-order chi connectivity index (χ1) is 10.2. The summed E-state index contributed by atoms with van der Waals surface area (Å²) in [4.78, 5) is 9.47. The molecule has 0 unspecified atom stereocenters. The van der Waals surface area contributed by atoms with Gasteiger partial charge >= 0.3 is 0 Å². The maximum Gasteiger partial charge on any atom is 0.128 e. The topological polar surface area (TPSA) is 28.6 Å². The second-order valence-corrected chi connectivity index (χ2v) is 6.19. The fourth-order valence-electron chi connectivity index (χ4n) is 2.48. The Hall–Kier alpha value is -0.400. The molecule has 0 amide bonds. The highest BCUT2D eigenvalue weighted by Crippen LogP contribution is 2.18. The van der Waals surface area contributed by atoms with E-state index < -0.39 is 0 Å². The van der Waals surface area contributed by atoms with Crippen molar-refractivity contribution in [2.24, 2.45) is 0 Å². The molecule has 0 atom stereocenters. The number of hydrogen-bond acceptors (Lipinski definition) is 4. The zero-order valence-corrected chi connectivity index (χ0v) is 16.5. The Morgan fingerprint density at radius 3 is 2.18 bits per heavy atom. The molecule has 0 saturated carbocycles. The number of hydrogen-bond donors (Lipinski definition) is 0. The molecule has 0 N–H and O–H groups in total. The Bertz CT molecular complexity index is 409. The van der Waals surface area contributed by atoms with E-state index in [0.717, 1.165) is 45.2 Å². The molecule has 0 aromatic carbocycles. The number of ether oxygens (including phenoxy) is 1. The number of halogens is 1. The molecule has 2 fully saturated rings. The van der Waals surface area contributed by atoms with Crippen LogP contribution in [0.3, 0.4) is 0 Å². The third kappa shape index (κ3) is 6.38. The van der Waals surface area contributed by atoms with Gasteiger partial charge in [-0.2, -0.15) is 0 Å². The van der Waals surface area contributed by atoms with E-state index in [9.17, 15) is 0 Å². The molecule has 3 heterocycles. The van der Waals surface area contributed by atoms with Gasteiger partial charge in [0.1, 0.15) is 5.82 Å². The zero-order chi connectivity index (χ0) is 15.1. The van der Waals surface area contributed by atoms with Crippen LogP contribution in [-0.4, -0.2) is 56.3 Å². The second-order valence-electron chi connectivity index (χ2n) is 6.19. The number of nitrogens with zero attached hydrogens (tertiary/aromatic N) is 3. The lowest BCUT2D eigenvalue weighted by molar-refractivity contribution is 0.198. The molecule has 2 aliphatic rings. The quantitative estimate of drug-likeness (QED) is 0.688. The highest BCUT2D eigenvalue weighted by atomic mass is 127. The minimum Gasteiger partial charge on any atom is -0.381 e. The maximum absolute atomic E-state index is 4.94. The molecule has 4 nitrogen and oxygen atoms in total. The Morgan fingerprint density at radius 1 is 1.05 bits per heavy atom. The van der Waals surface area contributed by atoms with Gasteiger partial charge in [0, 0.05) is 45.1 Å². The van der Waals surface area contributed by atoms with Gasteiger partial charge in [0.25, 0.3) is 0 Å². The predicted octanol–water partition coefficient (Wildman–Crippen LogP) is 3.37. The van der Waals surface area contributed by atoms with Crippen molar-refractivity contribution in [2.75, 3.05) is 51.3 Å². The summed E-state index contributed by atoms with van der Waals surface area (Å²) in [5, 5.41) is 0. The highest BCUT2D eigenvalue weighted by Gasteiger charge is 2.15. The van der Waals surface area contributed by atoms with Crippen LogP contribution in [0, 0.1) is 0 Å². The van der Waals surface area contributed by atoms with Crippen molar-refractivity contribution < 1.29 is 4.74 Å². The van der Waals surface area contributed by atoms with Crippen LogP contribution in [0.25, 0.3) is 0 Å². The molecule has 1 aromatic rings. The van der Waals surface area contributed by atoms with Crippen LogP contribution in [0.2, 0.25) is 0 Å². The fraction of sp³-hybridized carbons (Fsp3) is 0.706. The number of likely N-dealkylation sites (N-methyl/N-ethyl adjacent to an activating group) is 1. The number of pyridine rings is 1. The van der Waals surface area contributed by atoms with Crippen LogP contribution in [0.4, 0.5) is 5.82 Å². The van der Waals surface area contributed by atoms with Crippen molar-refractivity contribution >= 4 is 29.8 Å². The molecule has 2 aliphatic heterocycles. The summed E-state index contributed by atoms with van der Waals surface area (Å²) in [5.41, 5.74) is 1.19. The van der Waals surface area contributed by atoms with E-state index in [0.29, 0.717) is 5.92 Å². The standard InChI is InChI=1S/C13H21N3.C4H8O.HI/c1-11(2)12-5-4-6-13(14-12)16-9-7-15(3)8-10-16;1-2-4-5-3-1;/h4-6,11H,7-10H2,1-3H3;1-4H2;1H. The van der Waals surface area contributed by atoms with E-state index in [-0.39, 0.29) is 24.0 Å². The first-order valence-electron chi connectivity index (χ1n) is 8.15. The van der Waals surface area contributed by atoms with E-state index >= 15 is 0 Å². The van der Waals surface area contributed by atoms with Crippen molar-refractivity contribution in [3.8, 4) is 0 Å². The lowest BCUT2D eigenvalue weighted by Gasteiger charge is -2.33. The molecular weight excluding hydrogens is 389 g/mol. The van der Waals surface area contributed by atoms with Crippen LogP contribution in [0.5, 0.6) is 0 Å². The minimum atomic E-state index is 0. The van der Waals surface area contributed by atoms with Gasteiger partial charge in [-0.25, -0.2) is 4.98 Å². The van der Waals surface area contributed by atoms with E-state index in [2.05, 4.69) is 48.9 Å². The summed E-state index contributed by atoms with van der Waals surface area (Å²) in [6.07, 6.45) is 2.56. The molecular formula is C17H30IN3O. The summed E-state index contributed by atoms with van der Waals surface area (Å²) >= 11 is 0. The minimum absolute atomic E-state index is 0. The van der Waals surface area contributed by atoms with Gasteiger partial charge in [0.2, 0.25) is 0 Å². The van der Waals surface area contributed by atoms with Gasteiger partial charge in [-0.15, -0.1) is 24.0 Å². The molecule has 126 valence electrons. The van der Waals surface area contributed by atoms with Gasteiger partial charge in [-0.3, -0.25) is 0 Å². The third-order valence-corrected chi connectivity index (χ3v) is 4.00. The zero-order valence-electron chi connectivity index (χ0n) is 14.1. The second kappa shape index (κ2) is 10.4. The molecule has 0 bridgehead atoms. The molecule has 5 heteroatoms. The van der Waals surface area contributed by atoms with Gasteiger partial charge in [0.15, 0.2) is 0 Å². The fourth-order valence-corrected chi connectivity index (χ4v) is 2.48. The Labute approximate surface area is 152 Å². The molecule has 3 rings (SSSR count). The molecule has 22 heavy (non-hydrogen) atoms. The first-order valence-corrected chi connectivity index (χ1v) is 8.15. The lowest BCUT2D eigenvalue weighted by Crippen LogP contribution is -2.44. The van der Waals surface area contributed by atoms with Crippen LogP contribution in [0.1, 0.15) is 38.3 Å². The number of aromatic nitrogens is 1. The van der Waals surface area contributed by atoms with Crippen LogP contribution >= 0.6 is 24.0 Å². The molecule has 0 aliphatic carbocycles. The summed E-state index contributed by atoms with van der Waals surface area (Å²) in [6.45, 7) is 10.8. The number of rotatable bonds is 2. The maximum atomic E-state index is 4.94. The smallest absolute Gasteiger partial charge is 0.128 e. The summed E-state index contributed by atoms with van der Waals surface area (Å²) < 4.78 is 4.94. The van der Waals surface area contributed by atoms with E-state index in [1.807, 2.05) is 0 Å². The Kier molecular flexibility index (Phi) is 9.28. The lowest BCUT2D eigenvalue weighted by atomic mass is 10.1. The number of piperazine rings is 1. The largest absolute Gasteiger partial charge is 0.381 e. The van der Waals surface area contributed by atoms with Crippen molar-refractivity contribution in [1.82, 2.24) is 9.88 Å². The van der Waals surface area contributed by atoms with Gasteiger partial charge < -0.3 is 14.5 Å². The Balaban J connectivity index is 0.000000344. The molecule has 0 radical (unpaired) electrons. The van der Waals surface area contributed by atoms with E-state index in [1.165, 1.54) is 18.5 Å². The van der Waals surface area contributed by atoms with Crippen molar-refractivity contribution in [3.63, 3.8) is 0 Å². The molecule has 1 aromatic heterocycles. The van der Waals surface area contributed by atoms with Gasteiger partial charge in [-0.1, -0.05) is 19.9 Å². The monoisotopic (exact) mass is 419 g/mol. The molecule has 2 saturated heterocycles. The van der Waals surface area contributed by atoms with Crippen LogP contribution < -0.4 is 4.90 Å². The first kappa shape index (κ1) is 19.6. The summed E-state index contributed by atoms with van der Waals surface area (Å²) in [6, 6.07) is 6.36. The third-order valence-electron chi connectivity index (χ3n) is 4.00. The van der Waals surface area contributed by atoms with Crippen molar-refractivity contribution in [2.45, 2.75) is 32.6 Å². The van der Waals surface area contributed by atoms with Gasteiger partial charge in [0.05, 0.1) is 0 Å². The van der Waals surface area contributed by atoms with E-state index in [1.54, 1.807) is 0 Å². The molecule has 0 spiro atoms. The van der Waals surface area contributed by atoms with Gasteiger partial charge in [-0.05, 0) is 37.9 Å². The normalized spacial score (nSPS) is 18.6. The summed E-state index contributed by atoms with van der Waals surface area (Å²) in [5.74, 6) is 1.65. The number of anilines is 1. The summed E-state index contributed by atoms with van der Waals surface area (Å²) in [7, 11) is 2.18. The highest BCUT2D eigenvalue weighted by molar-refractivity contribution is 14.0. The Morgan fingerprint density at radius 2 is 1.68 bits per heavy atom. The van der Waals surface area contributed by atoms with Crippen LogP contribution in [0.15, 0.2) is 18.2 Å². The average Bonchev–Trinajstić information content (AvgIpc) is 3.07. The van der Waals surface area contributed by atoms with Crippen molar-refractivity contribution in [3.05, 3.63) is 23.9 Å². The SMILES string of the molecule is C1CCOC1.CC(C)c1cccc(N2CCN(C)CC2)n1.I.